The number of benzene rings is 2. The van der Waals surface area contributed by atoms with E-state index in [1.54, 1.807) is 12.1 Å². The number of anilines is 4. The van der Waals surface area contributed by atoms with Crippen molar-refractivity contribution >= 4 is 29.2 Å². The molecule has 9 nitrogen and oxygen atoms in total. The zero-order valence-electron chi connectivity index (χ0n) is 18.5. The Balaban J connectivity index is 1.66. The second-order valence-electron chi connectivity index (χ2n) is 7.72. The standard InChI is InChI=1S/C22H29N7O2/c1-15(27(2)3)14-31-19-12-8-17(9-13-19)24-22-25-21(23)29(26-22)20(30)16-6-10-18(11-7-16)28(4)5/h6-13,15H,14H2,1-5H3,(H3,23,24,25,26). The minimum atomic E-state index is -0.345. The molecule has 0 spiro atoms. The molecule has 1 unspecified atom stereocenters. The molecule has 3 aromatic rings. The van der Waals surface area contributed by atoms with Crippen LogP contribution in [0.5, 0.6) is 5.75 Å². The van der Waals surface area contributed by atoms with Crippen LogP contribution in [0.15, 0.2) is 48.5 Å². The quantitative estimate of drug-likeness (QED) is 0.570. The molecule has 3 N–H and O–H groups in total. The van der Waals surface area contributed by atoms with Gasteiger partial charge in [0.25, 0.3) is 5.91 Å². The monoisotopic (exact) mass is 423 g/mol. The van der Waals surface area contributed by atoms with Crippen molar-refractivity contribution in [1.82, 2.24) is 19.7 Å². The molecular weight excluding hydrogens is 394 g/mol. The number of aromatic nitrogens is 3. The van der Waals surface area contributed by atoms with E-state index in [1.165, 1.54) is 0 Å². The molecule has 0 radical (unpaired) electrons. The van der Waals surface area contributed by atoms with Crippen LogP contribution >= 0.6 is 0 Å². The van der Waals surface area contributed by atoms with Crippen molar-refractivity contribution in [3.8, 4) is 5.75 Å². The number of nitrogens with one attached hydrogen (secondary N) is 1. The Morgan fingerprint density at radius 2 is 1.74 bits per heavy atom. The molecular formula is C22H29N7O2. The summed E-state index contributed by atoms with van der Waals surface area (Å²) in [7, 11) is 7.91. The van der Waals surface area contributed by atoms with Crippen molar-refractivity contribution in [3.63, 3.8) is 0 Å². The van der Waals surface area contributed by atoms with E-state index in [-0.39, 0.29) is 17.8 Å². The molecule has 1 atom stereocenters. The van der Waals surface area contributed by atoms with E-state index in [0.29, 0.717) is 18.2 Å². The van der Waals surface area contributed by atoms with Crippen LogP contribution < -0.4 is 20.7 Å². The molecule has 0 aliphatic heterocycles. The van der Waals surface area contributed by atoms with Crippen LogP contribution in [-0.4, -0.2) is 66.4 Å². The van der Waals surface area contributed by atoms with Gasteiger partial charge in [-0.05, 0) is 69.6 Å². The van der Waals surface area contributed by atoms with Gasteiger partial charge in [-0.2, -0.15) is 9.67 Å². The highest BCUT2D eigenvalue weighted by molar-refractivity contribution is 5.97. The van der Waals surface area contributed by atoms with Gasteiger partial charge in [-0.1, -0.05) is 0 Å². The SMILES string of the molecule is CC(COc1ccc(Nc2nc(N)n(C(=O)c3ccc(N(C)C)cc3)n2)cc1)N(C)C. The van der Waals surface area contributed by atoms with Gasteiger partial charge in [-0.3, -0.25) is 4.79 Å². The van der Waals surface area contributed by atoms with Gasteiger partial charge in [0.05, 0.1) is 0 Å². The van der Waals surface area contributed by atoms with Gasteiger partial charge < -0.3 is 25.6 Å². The van der Waals surface area contributed by atoms with Crippen molar-refractivity contribution < 1.29 is 9.53 Å². The summed E-state index contributed by atoms with van der Waals surface area (Å²) in [5.74, 6) is 0.684. The number of rotatable bonds is 8. The number of likely N-dealkylation sites (N-methyl/N-ethyl adjacent to an activating group) is 1. The number of ether oxygens (including phenoxy) is 1. The van der Waals surface area contributed by atoms with Crippen LogP contribution in [0.25, 0.3) is 0 Å². The molecule has 0 aliphatic rings. The van der Waals surface area contributed by atoms with E-state index in [9.17, 15) is 4.79 Å². The summed E-state index contributed by atoms with van der Waals surface area (Å²) in [6, 6.07) is 15.0. The molecule has 164 valence electrons. The summed E-state index contributed by atoms with van der Waals surface area (Å²) in [5.41, 5.74) is 8.15. The van der Waals surface area contributed by atoms with Crippen molar-refractivity contribution in [2.75, 3.05) is 50.7 Å². The van der Waals surface area contributed by atoms with E-state index in [2.05, 4.69) is 27.2 Å². The normalized spacial score (nSPS) is 11.9. The number of hydrogen-bond acceptors (Lipinski definition) is 8. The van der Waals surface area contributed by atoms with Crippen LogP contribution in [0.1, 0.15) is 17.3 Å². The number of hydrogen-bond donors (Lipinski definition) is 2. The van der Waals surface area contributed by atoms with Gasteiger partial charge in [0.1, 0.15) is 12.4 Å². The summed E-state index contributed by atoms with van der Waals surface area (Å²) in [5, 5.41) is 7.27. The summed E-state index contributed by atoms with van der Waals surface area (Å²) < 4.78 is 6.88. The van der Waals surface area contributed by atoms with Crippen LogP contribution in [0.3, 0.4) is 0 Å². The number of nitrogens with zero attached hydrogens (tertiary/aromatic N) is 5. The second kappa shape index (κ2) is 9.48. The van der Waals surface area contributed by atoms with Gasteiger partial charge in [0, 0.05) is 37.1 Å². The number of nitrogen functional groups attached to an aromatic ring is 1. The van der Waals surface area contributed by atoms with E-state index >= 15 is 0 Å². The molecule has 0 bridgehead atoms. The minimum absolute atomic E-state index is 0.0156. The van der Waals surface area contributed by atoms with Crippen LogP contribution in [0, 0.1) is 0 Å². The molecule has 1 aromatic heterocycles. The third-order valence-corrected chi connectivity index (χ3v) is 4.94. The first-order chi connectivity index (χ1) is 14.7. The second-order valence-corrected chi connectivity index (χ2v) is 7.72. The van der Waals surface area contributed by atoms with Crippen molar-refractivity contribution in [2.45, 2.75) is 13.0 Å². The largest absolute Gasteiger partial charge is 0.492 e. The number of carbonyl (C=O) groups excluding carboxylic acids is 1. The third kappa shape index (κ3) is 5.52. The van der Waals surface area contributed by atoms with E-state index in [0.717, 1.165) is 21.8 Å². The molecule has 31 heavy (non-hydrogen) atoms. The summed E-state index contributed by atoms with van der Waals surface area (Å²) in [6.45, 7) is 2.69. The molecule has 9 heteroatoms. The maximum Gasteiger partial charge on any atom is 0.281 e. The average Bonchev–Trinajstić information content (AvgIpc) is 3.12. The number of carbonyl (C=O) groups is 1. The highest BCUT2D eigenvalue weighted by atomic mass is 16.5. The zero-order chi connectivity index (χ0) is 22.5. The predicted molar refractivity (Wildman–Crippen MR) is 123 cm³/mol. The molecule has 2 aromatic carbocycles. The molecule has 0 aliphatic carbocycles. The topological polar surface area (TPSA) is 102 Å². The van der Waals surface area contributed by atoms with Crippen molar-refractivity contribution in [2.24, 2.45) is 0 Å². The Bertz CT molecular complexity index is 1010. The number of nitrogens with two attached hydrogens (primary N) is 1. The maximum atomic E-state index is 12.8. The Labute approximate surface area is 182 Å². The molecule has 0 fully saturated rings. The average molecular weight is 424 g/mol. The van der Waals surface area contributed by atoms with Crippen molar-refractivity contribution in [3.05, 3.63) is 54.1 Å². The lowest BCUT2D eigenvalue weighted by molar-refractivity contribution is 0.0948. The molecule has 0 saturated heterocycles. The summed E-state index contributed by atoms with van der Waals surface area (Å²) >= 11 is 0. The first-order valence-corrected chi connectivity index (χ1v) is 9.95. The van der Waals surface area contributed by atoms with Gasteiger partial charge >= 0.3 is 0 Å². The van der Waals surface area contributed by atoms with Crippen molar-refractivity contribution in [1.29, 1.82) is 0 Å². The van der Waals surface area contributed by atoms with Gasteiger partial charge in [0.2, 0.25) is 11.9 Å². The van der Waals surface area contributed by atoms with Gasteiger partial charge in [-0.15, -0.1) is 5.10 Å². The summed E-state index contributed by atoms with van der Waals surface area (Å²) in [6.07, 6.45) is 0. The van der Waals surface area contributed by atoms with Gasteiger partial charge in [-0.25, -0.2) is 0 Å². The fourth-order valence-electron chi connectivity index (χ4n) is 2.68. The fourth-order valence-corrected chi connectivity index (χ4v) is 2.68. The van der Waals surface area contributed by atoms with Crippen LogP contribution in [0.4, 0.5) is 23.3 Å². The Kier molecular flexibility index (Phi) is 6.76. The van der Waals surface area contributed by atoms with E-state index in [4.69, 9.17) is 10.5 Å². The highest BCUT2D eigenvalue weighted by Crippen LogP contribution is 2.20. The lowest BCUT2D eigenvalue weighted by Gasteiger charge is -2.20. The highest BCUT2D eigenvalue weighted by Gasteiger charge is 2.16. The van der Waals surface area contributed by atoms with Gasteiger partial charge in [0.15, 0.2) is 0 Å². The molecule has 0 saturated carbocycles. The Morgan fingerprint density at radius 1 is 1.10 bits per heavy atom. The Morgan fingerprint density at radius 3 is 2.32 bits per heavy atom. The Hall–Kier alpha value is -3.59. The third-order valence-electron chi connectivity index (χ3n) is 4.94. The van der Waals surface area contributed by atoms with E-state index < -0.39 is 0 Å². The first-order valence-electron chi connectivity index (χ1n) is 9.95. The van der Waals surface area contributed by atoms with Crippen LogP contribution in [-0.2, 0) is 0 Å². The lowest BCUT2D eigenvalue weighted by Crippen LogP contribution is -2.30. The molecule has 1 heterocycles. The fraction of sp³-hybridized carbons (Fsp3) is 0.318. The molecule has 0 amide bonds. The zero-order valence-corrected chi connectivity index (χ0v) is 18.5. The predicted octanol–water partition coefficient (Wildman–Crippen LogP) is 2.69. The lowest BCUT2D eigenvalue weighted by atomic mass is 10.2. The maximum absolute atomic E-state index is 12.8. The van der Waals surface area contributed by atoms with E-state index in [1.807, 2.05) is 69.5 Å². The smallest absolute Gasteiger partial charge is 0.281 e. The minimum Gasteiger partial charge on any atom is -0.492 e. The first kappa shape index (κ1) is 22.1. The van der Waals surface area contributed by atoms with Crippen LogP contribution in [0.2, 0.25) is 0 Å². The molecule has 3 rings (SSSR count). The summed E-state index contributed by atoms with van der Waals surface area (Å²) in [4.78, 5) is 21.0.